The van der Waals surface area contributed by atoms with E-state index in [-0.39, 0.29) is 5.41 Å². The van der Waals surface area contributed by atoms with Crippen LogP contribution in [-0.2, 0) is 6.42 Å². The lowest BCUT2D eigenvalue weighted by molar-refractivity contribution is 0.560. The van der Waals surface area contributed by atoms with Gasteiger partial charge in [-0.3, -0.25) is 0 Å². The van der Waals surface area contributed by atoms with E-state index in [0.717, 1.165) is 32.4 Å². The summed E-state index contributed by atoms with van der Waals surface area (Å²) >= 11 is 1.77. The summed E-state index contributed by atoms with van der Waals surface area (Å²) in [4.78, 5) is 1.31. The molecule has 0 bridgehead atoms. The lowest BCUT2D eigenvalue weighted by atomic mass is 10.1. The Morgan fingerprint density at radius 3 is 2.59 bits per heavy atom. The molecule has 1 aliphatic carbocycles. The van der Waals surface area contributed by atoms with Crippen LogP contribution in [0.4, 0.5) is 0 Å². The highest BCUT2D eigenvalue weighted by atomic mass is 32.2. The van der Waals surface area contributed by atoms with Crippen LogP contribution in [0.15, 0.2) is 29.2 Å². The first kappa shape index (κ1) is 12.5. The first-order chi connectivity index (χ1) is 8.28. The van der Waals surface area contributed by atoms with Crippen molar-refractivity contribution in [1.29, 1.82) is 5.26 Å². The highest BCUT2D eigenvalue weighted by Gasteiger charge is 2.42. The van der Waals surface area contributed by atoms with Gasteiger partial charge < -0.3 is 5.32 Å². The Balaban J connectivity index is 1.69. The molecule has 0 heterocycles. The van der Waals surface area contributed by atoms with Gasteiger partial charge in [0.25, 0.3) is 0 Å². The van der Waals surface area contributed by atoms with Crippen molar-refractivity contribution < 1.29 is 0 Å². The molecule has 1 saturated carbocycles. The molecule has 1 aromatic carbocycles. The Bertz CT molecular complexity index is 401. The zero-order valence-corrected chi connectivity index (χ0v) is 11.0. The van der Waals surface area contributed by atoms with E-state index in [9.17, 15) is 0 Å². The zero-order valence-electron chi connectivity index (χ0n) is 10.2. The molecule has 0 saturated heterocycles. The number of nitrogens with one attached hydrogen (secondary N) is 1. The monoisotopic (exact) mass is 246 g/mol. The molecule has 0 aromatic heterocycles. The first-order valence-corrected chi connectivity index (χ1v) is 7.25. The molecule has 0 unspecified atom stereocenters. The van der Waals surface area contributed by atoms with Gasteiger partial charge in [0.1, 0.15) is 0 Å². The van der Waals surface area contributed by atoms with Crippen LogP contribution in [0.1, 0.15) is 18.4 Å². The Labute approximate surface area is 107 Å². The van der Waals surface area contributed by atoms with Crippen molar-refractivity contribution in [2.45, 2.75) is 24.2 Å². The van der Waals surface area contributed by atoms with Crippen molar-refractivity contribution in [3.05, 3.63) is 29.8 Å². The molecule has 17 heavy (non-hydrogen) atoms. The summed E-state index contributed by atoms with van der Waals surface area (Å²) < 4.78 is 0. The number of rotatable bonds is 6. The van der Waals surface area contributed by atoms with Crippen LogP contribution in [-0.4, -0.2) is 19.3 Å². The maximum atomic E-state index is 8.94. The Morgan fingerprint density at radius 2 is 2.06 bits per heavy atom. The molecule has 2 nitrogen and oxygen atoms in total. The topological polar surface area (TPSA) is 35.8 Å². The van der Waals surface area contributed by atoms with Crippen LogP contribution in [0, 0.1) is 16.7 Å². The fraction of sp³-hybridized carbons (Fsp3) is 0.500. The van der Waals surface area contributed by atoms with Gasteiger partial charge in [0.05, 0.1) is 11.5 Å². The number of thioether (sulfide) groups is 1. The van der Waals surface area contributed by atoms with E-state index >= 15 is 0 Å². The Kier molecular flexibility index (Phi) is 4.09. The third-order valence-corrected chi connectivity index (χ3v) is 4.05. The first-order valence-electron chi connectivity index (χ1n) is 6.03. The molecular weight excluding hydrogens is 228 g/mol. The van der Waals surface area contributed by atoms with E-state index in [2.05, 4.69) is 41.9 Å². The van der Waals surface area contributed by atoms with E-state index in [1.54, 1.807) is 11.8 Å². The van der Waals surface area contributed by atoms with Crippen LogP contribution in [0.5, 0.6) is 0 Å². The second kappa shape index (κ2) is 5.57. The fourth-order valence-corrected chi connectivity index (χ4v) is 2.24. The molecule has 0 atom stereocenters. The van der Waals surface area contributed by atoms with Gasteiger partial charge in [0.2, 0.25) is 0 Å². The van der Waals surface area contributed by atoms with Gasteiger partial charge in [-0.1, -0.05) is 12.1 Å². The number of nitrogens with zero attached hydrogens (tertiary/aromatic N) is 1. The normalized spacial score (nSPS) is 16.5. The van der Waals surface area contributed by atoms with E-state index < -0.39 is 0 Å². The largest absolute Gasteiger partial charge is 0.315 e. The van der Waals surface area contributed by atoms with E-state index in [4.69, 9.17) is 5.26 Å². The van der Waals surface area contributed by atoms with Gasteiger partial charge in [0.15, 0.2) is 0 Å². The smallest absolute Gasteiger partial charge is 0.0703 e. The molecule has 1 aromatic rings. The Hall–Kier alpha value is -0.980. The standard InChI is InChI=1S/C14H18N2S/c1-17-13-4-2-12(3-5-13)6-9-16-11-14(10-15)7-8-14/h2-5,16H,6-9,11H2,1H3. The highest BCUT2D eigenvalue weighted by Crippen LogP contribution is 2.43. The Morgan fingerprint density at radius 1 is 1.35 bits per heavy atom. The predicted octanol–water partition coefficient (Wildman–Crippen LogP) is 2.84. The molecule has 0 aliphatic heterocycles. The minimum absolute atomic E-state index is 0.0251. The van der Waals surface area contributed by atoms with Crippen molar-refractivity contribution in [2.75, 3.05) is 19.3 Å². The zero-order chi connectivity index (χ0) is 12.1. The lowest BCUT2D eigenvalue weighted by Crippen LogP contribution is -2.25. The fourth-order valence-electron chi connectivity index (χ4n) is 1.83. The summed E-state index contributed by atoms with van der Waals surface area (Å²) in [6.45, 7) is 1.81. The van der Waals surface area contributed by atoms with Crippen molar-refractivity contribution in [1.82, 2.24) is 5.32 Å². The van der Waals surface area contributed by atoms with Gasteiger partial charge in [-0.2, -0.15) is 5.26 Å². The average Bonchev–Trinajstić information content (AvgIpc) is 3.16. The van der Waals surface area contributed by atoms with Gasteiger partial charge in [-0.05, 0) is 49.8 Å². The van der Waals surface area contributed by atoms with Crippen LogP contribution in [0.25, 0.3) is 0 Å². The molecule has 1 aliphatic rings. The molecule has 0 spiro atoms. The summed E-state index contributed by atoms with van der Waals surface area (Å²) in [7, 11) is 0. The maximum absolute atomic E-state index is 8.94. The third kappa shape index (κ3) is 3.49. The third-order valence-electron chi connectivity index (χ3n) is 3.30. The van der Waals surface area contributed by atoms with E-state index in [1.807, 2.05) is 0 Å². The van der Waals surface area contributed by atoms with Crippen LogP contribution in [0.2, 0.25) is 0 Å². The lowest BCUT2D eigenvalue weighted by Gasteiger charge is -2.08. The minimum Gasteiger partial charge on any atom is -0.315 e. The van der Waals surface area contributed by atoms with Crippen LogP contribution in [0.3, 0.4) is 0 Å². The van der Waals surface area contributed by atoms with Gasteiger partial charge in [-0.25, -0.2) is 0 Å². The van der Waals surface area contributed by atoms with Crippen molar-refractivity contribution in [3.63, 3.8) is 0 Å². The predicted molar refractivity (Wildman–Crippen MR) is 72.1 cm³/mol. The molecule has 90 valence electrons. The summed E-state index contributed by atoms with van der Waals surface area (Å²) in [6, 6.07) is 11.1. The second-order valence-electron chi connectivity index (χ2n) is 4.67. The summed E-state index contributed by atoms with van der Waals surface area (Å²) in [5.41, 5.74) is 1.33. The summed E-state index contributed by atoms with van der Waals surface area (Å²) in [5, 5.41) is 12.3. The molecule has 1 fully saturated rings. The molecule has 2 rings (SSSR count). The molecule has 0 radical (unpaired) electrons. The molecular formula is C14H18N2S. The van der Waals surface area contributed by atoms with Crippen LogP contribution >= 0.6 is 11.8 Å². The summed E-state index contributed by atoms with van der Waals surface area (Å²) in [6.07, 6.45) is 5.27. The summed E-state index contributed by atoms with van der Waals surface area (Å²) in [5.74, 6) is 0. The molecule has 1 N–H and O–H groups in total. The van der Waals surface area contributed by atoms with Crippen molar-refractivity contribution >= 4 is 11.8 Å². The second-order valence-corrected chi connectivity index (χ2v) is 5.55. The molecule has 3 heteroatoms. The van der Waals surface area contributed by atoms with E-state index in [0.29, 0.717) is 0 Å². The number of hydrogen-bond donors (Lipinski definition) is 1. The van der Waals surface area contributed by atoms with Crippen LogP contribution < -0.4 is 5.32 Å². The van der Waals surface area contributed by atoms with Gasteiger partial charge in [-0.15, -0.1) is 11.8 Å². The van der Waals surface area contributed by atoms with Crippen molar-refractivity contribution in [3.8, 4) is 6.07 Å². The number of benzene rings is 1. The maximum Gasteiger partial charge on any atom is 0.0703 e. The van der Waals surface area contributed by atoms with Gasteiger partial charge >= 0.3 is 0 Å². The average molecular weight is 246 g/mol. The number of nitriles is 1. The van der Waals surface area contributed by atoms with Gasteiger partial charge in [0, 0.05) is 11.4 Å². The SMILES string of the molecule is CSc1ccc(CCNCC2(C#N)CC2)cc1. The number of hydrogen-bond acceptors (Lipinski definition) is 3. The quantitative estimate of drug-likeness (QED) is 0.619. The van der Waals surface area contributed by atoms with Crippen molar-refractivity contribution in [2.24, 2.45) is 5.41 Å². The van der Waals surface area contributed by atoms with E-state index in [1.165, 1.54) is 10.5 Å². The highest BCUT2D eigenvalue weighted by molar-refractivity contribution is 7.98. The molecule has 0 amide bonds. The minimum atomic E-state index is -0.0251.